The maximum Gasteiger partial charge on any atom is 0.417 e. The van der Waals surface area contributed by atoms with Gasteiger partial charge in [-0.1, -0.05) is 0 Å². The Kier molecular flexibility index (Phi) is 5.13. The third-order valence-electron chi connectivity index (χ3n) is 4.99. The van der Waals surface area contributed by atoms with Gasteiger partial charge in [0.1, 0.15) is 0 Å². The van der Waals surface area contributed by atoms with Crippen molar-refractivity contribution in [3.63, 3.8) is 0 Å². The molecule has 0 spiro atoms. The highest BCUT2D eigenvalue weighted by Crippen LogP contribution is 2.21. The SMILES string of the molecule is CC(NC(=O)c1ccc2[nH]c(=O)oc2c1)C1CCN(C(=O)[C@H](C)N)CC1. The van der Waals surface area contributed by atoms with Crippen LogP contribution in [0.1, 0.15) is 37.0 Å². The Bertz CT molecular complexity index is 861. The Morgan fingerprint density at radius 1 is 1.31 bits per heavy atom. The van der Waals surface area contributed by atoms with E-state index in [0.29, 0.717) is 35.7 Å². The molecule has 0 bridgehead atoms. The summed E-state index contributed by atoms with van der Waals surface area (Å²) < 4.78 is 4.99. The highest BCUT2D eigenvalue weighted by Gasteiger charge is 2.28. The van der Waals surface area contributed by atoms with E-state index < -0.39 is 11.8 Å². The number of oxazole rings is 1. The van der Waals surface area contributed by atoms with Crippen LogP contribution in [0.15, 0.2) is 27.4 Å². The Balaban J connectivity index is 1.59. The summed E-state index contributed by atoms with van der Waals surface area (Å²) in [5.41, 5.74) is 7.02. The number of rotatable bonds is 4. The van der Waals surface area contributed by atoms with Crippen molar-refractivity contribution >= 4 is 22.9 Å². The fraction of sp³-hybridized carbons (Fsp3) is 0.500. The lowest BCUT2D eigenvalue weighted by Crippen LogP contribution is -2.49. The molecular weight excluding hydrogens is 336 g/mol. The molecule has 8 nitrogen and oxygen atoms in total. The van der Waals surface area contributed by atoms with E-state index in [9.17, 15) is 14.4 Å². The summed E-state index contributed by atoms with van der Waals surface area (Å²) in [6.07, 6.45) is 1.65. The van der Waals surface area contributed by atoms with Gasteiger partial charge in [0.2, 0.25) is 5.91 Å². The van der Waals surface area contributed by atoms with Crippen LogP contribution in [0.3, 0.4) is 0 Å². The normalized spacial score (nSPS) is 17.9. The van der Waals surface area contributed by atoms with Gasteiger partial charge in [-0.2, -0.15) is 0 Å². The molecule has 2 heterocycles. The molecule has 8 heteroatoms. The van der Waals surface area contributed by atoms with Gasteiger partial charge in [0, 0.05) is 24.7 Å². The number of likely N-dealkylation sites (tertiary alicyclic amines) is 1. The predicted molar refractivity (Wildman–Crippen MR) is 96.7 cm³/mol. The zero-order valence-corrected chi connectivity index (χ0v) is 15.0. The van der Waals surface area contributed by atoms with Crippen LogP contribution < -0.4 is 16.8 Å². The number of benzene rings is 1. The molecule has 140 valence electrons. The molecule has 1 aromatic heterocycles. The van der Waals surface area contributed by atoms with Gasteiger partial charge in [0.05, 0.1) is 11.6 Å². The van der Waals surface area contributed by atoms with Crippen LogP contribution >= 0.6 is 0 Å². The number of fused-ring (bicyclic) bond motifs is 1. The molecule has 1 aromatic carbocycles. The molecule has 3 rings (SSSR count). The molecule has 26 heavy (non-hydrogen) atoms. The van der Waals surface area contributed by atoms with Gasteiger partial charge in [-0.25, -0.2) is 4.79 Å². The number of amides is 2. The van der Waals surface area contributed by atoms with Crippen molar-refractivity contribution in [1.29, 1.82) is 0 Å². The van der Waals surface area contributed by atoms with Crippen molar-refractivity contribution in [2.75, 3.05) is 13.1 Å². The van der Waals surface area contributed by atoms with E-state index in [1.54, 1.807) is 30.0 Å². The summed E-state index contributed by atoms with van der Waals surface area (Å²) in [7, 11) is 0. The Morgan fingerprint density at radius 3 is 2.65 bits per heavy atom. The number of piperidine rings is 1. The zero-order valence-electron chi connectivity index (χ0n) is 15.0. The molecule has 2 amide bonds. The van der Waals surface area contributed by atoms with Crippen LogP contribution in [0, 0.1) is 5.92 Å². The number of hydrogen-bond donors (Lipinski definition) is 3. The van der Waals surface area contributed by atoms with Crippen LogP contribution in [0.5, 0.6) is 0 Å². The first-order chi connectivity index (χ1) is 12.3. The third kappa shape index (κ3) is 3.80. The molecule has 2 atom stereocenters. The molecule has 0 aliphatic carbocycles. The number of nitrogens with zero attached hydrogens (tertiary/aromatic N) is 1. The van der Waals surface area contributed by atoms with Crippen molar-refractivity contribution in [1.82, 2.24) is 15.2 Å². The lowest BCUT2D eigenvalue weighted by atomic mass is 9.90. The van der Waals surface area contributed by atoms with Crippen molar-refractivity contribution in [3.8, 4) is 0 Å². The summed E-state index contributed by atoms with van der Waals surface area (Å²) in [6, 6.07) is 4.35. The number of carbonyl (C=O) groups is 2. The molecule has 1 unspecified atom stereocenters. The Morgan fingerprint density at radius 2 is 2.00 bits per heavy atom. The maximum absolute atomic E-state index is 12.5. The molecule has 4 N–H and O–H groups in total. The fourth-order valence-corrected chi connectivity index (χ4v) is 3.40. The standard InChI is InChI=1S/C18H24N4O4/c1-10(19)17(24)22-7-5-12(6-8-22)11(2)20-16(23)13-3-4-14-15(9-13)26-18(25)21-14/h3-4,9-12H,5-8,19H2,1-2H3,(H,20,23)(H,21,25)/t10-,11?/m0/s1. The van der Waals surface area contributed by atoms with Gasteiger partial charge in [-0.05, 0) is 50.8 Å². The van der Waals surface area contributed by atoms with Crippen molar-refractivity contribution in [3.05, 3.63) is 34.3 Å². The van der Waals surface area contributed by atoms with Crippen LogP contribution in [0.2, 0.25) is 0 Å². The topological polar surface area (TPSA) is 121 Å². The molecule has 1 saturated heterocycles. The lowest BCUT2D eigenvalue weighted by Gasteiger charge is -2.35. The lowest BCUT2D eigenvalue weighted by molar-refractivity contribution is -0.133. The molecule has 0 saturated carbocycles. The number of nitrogens with one attached hydrogen (secondary N) is 2. The van der Waals surface area contributed by atoms with Gasteiger partial charge in [0.25, 0.3) is 5.91 Å². The maximum atomic E-state index is 12.5. The summed E-state index contributed by atoms with van der Waals surface area (Å²) >= 11 is 0. The second-order valence-electron chi connectivity index (χ2n) is 6.94. The average molecular weight is 360 g/mol. The monoisotopic (exact) mass is 360 g/mol. The number of H-pyrrole nitrogens is 1. The first kappa shape index (κ1) is 18.2. The third-order valence-corrected chi connectivity index (χ3v) is 4.99. The smallest absolute Gasteiger partial charge is 0.408 e. The zero-order chi connectivity index (χ0) is 18.8. The number of carbonyl (C=O) groups excluding carboxylic acids is 2. The van der Waals surface area contributed by atoms with Gasteiger partial charge >= 0.3 is 5.76 Å². The average Bonchev–Trinajstić information content (AvgIpc) is 3.00. The molecule has 1 aliphatic rings. The second-order valence-corrected chi connectivity index (χ2v) is 6.94. The van der Waals surface area contributed by atoms with E-state index in [-0.39, 0.29) is 17.9 Å². The summed E-state index contributed by atoms with van der Waals surface area (Å²) in [6.45, 7) is 4.98. The van der Waals surface area contributed by atoms with Gasteiger partial charge < -0.3 is 20.4 Å². The minimum atomic E-state index is -0.543. The van der Waals surface area contributed by atoms with Crippen LogP contribution in [0.4, 0.5) is 0 Å². The van der Waals surface area contributed by atoms with Gasteiger partial charge in [-0.3, -0.25) is 14.6 Å². The Labute approximate surface area is 150 Å². The minimum Gasteiger partial charge on any atom is -0.408 e. The van der Waals surface area contributed by atoms with Gasteiger partial charge in [-0.15, -0.1) is 0 Å². The summed E-state index contributed by atoms with van der Waals surface area (Å²) in [5.74, 6) is -0.484. The fourth-order valence-electron chi connectivity index (χ4n) is 3.40. The van der Waals surface area contributed by atoms with Crippen LogP contribution in [-0.2, 0) is 4.79 Å². The van der Waals surface area contributed by atoms with E-state index in [0.717, 1.165) is 12.8 Å². The minimum absolute atomic E-state index is 0.0241. The van der Waals surface area contributed by atoms with Crippen LogP contribution in [-0.4, -0.2) is 46.9 Å². The van der Waals surface area contributed by atoms with E-state index in [1.807, 2.05) is 6.92 Å². The molecule has 0 radical (unpaired) electrons. The number of hydrogen-bond acceptors (Lipinski definition) is 5. The summed E-state index contributed by atoms with van der Waals surface area (Å²) in [4.78, 5) is 40.0. The van der Waals surface area contributed by atoms with Crippen molar-refractivity contribution < 1.29 is 14.0 Å². The molecule has 1 aliphatic heterocycles. The van der Waals surface area contributed by atoms with E-state index >= 15 is 0 Å². The first-order valence-corrected chi connectivity index (χ1v) is 8.83. The highest BCUT2D eigenvalue weighted by molar-refractivity contribution is 5.97. The molecule has 1 fully saturated rings. The van der Waals surface area contributed by atoms with E-state index in [2.05, 4.69) is 10.3 Å². The summed E-state index contributed by atoms with van der Waals surface area (Å²) in [5, 5.41) is 3.01. The van der Waals surface area contributed by atoms with E-state index in [4.69, 9.17) is 10.2 Å². The quantitative estimate of drug-likeness (QED) is 0.745. The first-order valence-electron chi connectivity index (χ1n) is 8.83. The largest absolute Gasteiger partial charge is 0.417 e. The van der Waals surface area contributed by atoms with Crippen LogP contribution in [0.25, 0.3) is 11.1 Å². The predicted octanol–water partition coefficient (Wildman–Crippen LogP) is 0.825. The number of aromatic nitrogens is 1. The second kappa shape index (κ2) is 7.33. The Hall–Kier alpha value is -2.61. The van der Waals surface area contributed by atoms with Gasteiger partial charge in [0.15, 0.2) is 5.58 Å². The van der Waals surface area contributed by atoms with Crippen molar-refractivity contribution in [2.45, 2.75) is 38.8 Å². The number of nitrogens with two attached hydrogens (primary N) is 1. The molecular formula is C18H24N4O4. The molecule has 2 aromatic rings. The number of aromatic amines is 1. The van der Waals surface area contributed by atoms with E-state index in [1.165, 1.54) is 0 Å². The van der Waals surface area contributed by atoms with Crippen molar-refractivity contribution in [2.24, 2.45) is 11.7 Å². The highest BCUT2D eigenvalue weighted by atomic mass is 16.4.